The van der Waals surface area contributed by atoms with E-state index in [1.807, 2.05) is 0 Å². The maximum atomic E-state index is 12.0. The van der Waals surface area contributed by atoms with Gasteiger partial charge in [0.25, 0.3) is 16.4 Å². The molecule has 1 unspecified atom stereocenters. The monoisotopic (exact) mass is 408 g/mol. The van der Waals surface area contributed by atoms with Crippen LogP contribution in [0.25, 0.3) is 6.08 Å². The lowest BCUT2D eigenvalue weighted by Gasteiger charge is -2.11. The quantitative estimate of drug-likeness (QED) is 0.425. The number of rotatable bonds is 5. The van der Waals surface area contributed by atoms with Gasteiger partial charge in [-0.25, -0.2) is 0 Å². The minimum atomic E-state index is -0.824. The van der Waals surface area contributed by atoms with E-state index in [0.717, 1.165) is 23.5 Å². The molecular weight excluding hydrogens is 396 g/mol. The zero-order chi connectivity index (χ0) is 19.6. The number of hydrogen-bond acceptors (Lipinski definition) is 9. The van der Waals surface area contributed by atoms with Gasteiger partial charge < -0.3 is 9.47 Å². The van der Waals surface area contributed by atoms with E-state index in [0.29, 0.717) is 5.56 Å². The molecule has 27 heavy (non-hydrogen) atoms. The van der Waals surface area contributed by atoms with Crippen LogP contribution in [-0.2, 0) is 14.4 Å². The van der Waals surface area contributed by atoms with Gasteiger partial charge in [-0.1, -0.05) is 17.8 Å². The minimum Gasteiger partial charge on any atom is -0.493 e. The molecule has 3 rings (SSSR count). The van der Waals surface area contributed by atoms with Crippen molar-refractivity contribution in [1.29, 1.82) is 0 Å². The molecule has 0 radical (unpaired) electrons. The number of esters is 1. The second-order valence-electron chi connectivity index (χ2n) is 5.32. The SMILES string of the molecule is COc1cc(/C=C2\SC(=O)NC2=O)ccc1OC(=O)CC1SC(=O)NC1=O. The number of ether oxygens (including phenoxy) is 2. The van der Waals surface area contributed by atoms with Crippen molar-refractivity contribution in [3.8, 4) is 11.5 Å². The van der Waals surface area contributed by atoms with Crippen LogP contribution >= 0.6 is 23.5 Å². The van der Waals surface area contributed by atoms with E-state index in [-0.39, 0.29) is 22.8 Å². The van der Waals surface area contributed by atoms with E-state index >= 15 is 0 Å². The highest BCUT2D eigenvalue weighted by Crippen LogP contribution is 2.32. The second-order valence-corrected chi connectivity index (χ2v) is 7.51. The first-order chi connectivity index (χ1) is 12.9. The highest BCUT2D eigenvalue weighted by atomic mass is 32.2. The maximum absolute atomic E-state index is 12.0. The van der Waals surface area contributed by atoms with Crippen molar-refractivity contribution < 1.29 is 33.4 Å². The van der Waals surface area contributed by atoms with Crippen molar-refractivity contribution in [3.05, 3.63) is 28.7 Å². The van der Waals surface area contributed by atoms with Crippen molar-refractivity contribution in [2.24, 2.45) is 0 Å². The van der Waals surface area contributed by atoms with E-state index in [2.05, 4.69) is 10.6 Å². The van der Waals surface area contributed by atoms with Crippen LogP contribution in [0, 0.1) is 0 Å². The third kappa shape index (κ3) is 4.49. The Kier molecular flexibility index (Phi) is 5.51. The number of carbonyl (C=O) groups is 5. The first-order valence-electron chi connectivity index (χ1n) is 7.51. The lowest BCUT2D eigenvalue weighted by molar-refractivity contribution is -0.136. The van der Waals surface area contributed by atoms with Gasteiger partial charge in [-0.2, -0.15) is 0 Å². The van der Waals surface area contributed by atoms with Crippen molar-refractivity contribution in [2.75, 3.05) is 7.11 Å². The molecule has 2 aliphatic rings. The van der Waals surface area contributed by atoms with Crippen molar-refractivity contribution in [3.63, 3.8) is 0 Å². The maximum Gasteiger partial charge on any atom is 0.312 e. The highest BCUT2D eigenvalue weighted by Gasteiger charge is 2.34. The molecule has 1 aromatic carbocycles. The van der Waals surface area contributed by atoms with Crippen LogP contribution in [0.15, 0.2) is 23.1 Å². The zero-order valence-electron chi connectivity index (χ0n) is 13.8. The summed E-state index contributed by atoms with van der Waals surface area (Å²) in [5, 5.41) is 2.47. The van der Waals surface area contributed by atoms with Gasteiger partial charge in [-0.15, -0.1) is 0 Å². The van der Waals surface area contributed by atoms with Gasteiger partial charge in [-0.05, 0) is 35.5 Å². The van der Waals surface area contributed by atoms with Crippen molar-refractivity contribution in [1.82, 2.24) is 10.6 Å². The Morgan fingerprint density at radius 1 is 1.15 bits per heavy atom. The molecule has 0 saturated carbocycles. The summed E-state index contributed by atoms with van der Waals surface area (Å²) in [7, 11) is 1.38. The molecular formula is C16H12N2O7S2. The van der Waals surface area contributed by atoms with Gasteiger partial charge in [0.05, 0.1) is 18.4 Å². The van der Waals surface area contributed by atoms with E-state index in [9.17, 15) is 24.0 Å². The number of benzene rings is 1. The summed E-state index contributed by atoms with van der Waals surface area (Å²) < 4.78 is 10.4. The summed E-state index contributed by atoms with van der Waals surface area (Å²) in [4.78, 5) is 57.7. The molecule has 1 aromatic rings. The van der Waals surface area contributed by atoms with Crippen LogP contribution in [0.3, 0.4) is 0 Å². The molecule has 11 heteroatoms. The molecule has 4 amide bonds. The van der Waals surface area contributed by atoms with Crippen molar-refractivity contribution in [2.45, 2.75) is 11.7 Å². The molecule has 2 heterocycles. The van der Waals surface area contributed by atoms with Gasteiger partial charge in [0.2, 0.25) is 5.91 Å². The predicted octanol–water partition coefficient (Wildman–Crippen LogP) is 1.67. The first kappa shape index (κ1) is 19.0. The van der Waals surface area contributed by atoms with Crippen molar-refractivity contribution >= 4 is 57.9 Å². The first-order valence-corrected chi connectivity index (χ1v) is 9.20. The number of imide groups is 2. The third-order valence-corrected chi connectivity index (χ3v) is 5.26. The van der Waals surface area contributed by atoms with Gasteiger partial charge in [0, 0.05) is 0 Å². The minimum absolute atomic E-state index is 0.124. The molecule has 140 valence electrons. The number of hydrogen-bond donors (Lipinski definition) is 2. The van der Waals surface area contributed by atoms with E-state index < -0.39 is 33.5 Å². The van der Waals surface area contributed by atoms with Crippen LogP contribution in [0.1, 0.15) is 12.0 Å². The Bertz CT molecular complexity index is 897. The Morgan fingerprint density at radius 2 is 1.93 bits per heavy atom. The Morgan fingerprint density at radius 3 is 2.52 bits per heavy atom. The van der Waals surface area contributed by atoms with Crippen LogP contribution < -0.4 is 20.1 Å². The summed E-state index contributed by atoms with van der Waals surface area (Å²) in [5.74, 6) is -1.36. The lowest BCUT2D eigenvalue weighted by Crippen LogP contribution is -2.27. The largest absolute Gasteiger partial charge is 0.493 e. The number of methoxy groups -OCH3 is 1. The molecule has 9 nitrogen and oxygen atoms in total. The van der Waals surface area contributed by atoms with E-state index in [1.54, 1.807) is 6.07 Å². The zero-order valence-corrected chi connectivity index (χ0v) is 15.4. The fourth-order valence-corrected chi connectivity index (χ4v) is 3.76. The molecule has 2 N–H and O–H groups in total. The summed E-state index contributed by atoms with van der Waals surface area (Å²) >= 11 is 1.52. The second kappa shape index (κ2) is 7.84. The topological polar surface area (TPSA) is 128 Å². The molecule has 1 atom stereocenters. The number of nitrogens with one attached hydrogen (secondary N) is 2. The number of thioether (sulfide) groups is 2. The van der Waals surface area contributed by atoms with Gasteiger partial charge in [0.15, 0.2) is 11.5 Å². The molecule has 2 saturated heterocycles. The highest BCUT2D eigenvalue weighted by molar-refractivity contribution is 8.18. The van der Waals surface area contributed by atoms with Crippen LogP contribution in [-0.4, -0.2) is 40.6 Å². The van der Waals surface area contributed by atoms with E-state index in [1.165, 1.54) is 25.3 Å². The molecule has 0 bridgehead atoms. The Hall–Kier alpha value is -2.79. The average molecular weight is 408 g/mol. The molecule has 2 aliphatic heterocycles. The Labute approximate surface area is 161 Å². The summed E-state index contributed by atoms with van der Waals surface area (Å²) in [5.41, 5.74) is 0.565. The summed E-state index contributed by atoms with van der Waals surface area (Å²) in [6.07, 6.45) is 1.24. The Balaban J connectivity index is 1.71. The predicted molar refractivity (Wildman–Crippen MR) is 97.3 cm³/mol. The smallest absolute Gasteiger partial charge is 0.312 e. The van der Waals surface area contributed by atoms with Gasteiger partial charge in [-0.3, -0.25) is 34.6 Å². The van der Waals surface area contributed by atoms with Gasteiger partial charge >= 0.3 is 5.97 Å². The number of amides is 4. The standard InChI is InChI=1S/C16H12N2O7S2/c1-24-9-4-7(5-10-13(20)17-15(22)26-10)2-3-8(9)25-12(19)6-11-14(21)18-16(23)27-11/h2-5,11H,6H2,1H3,(H,17,20,22)(H,18,21,23)/b10-5-. The van der Waals surface area contributed by atoms with E-state index in [4.69, 9.17) is 9.47 Å². The number of carbonyl (C=O) groups excluding carboxylic acids is 5. The molecule has 2 fully saturated rings. The van der Waals surface area contributed by atoms with Crippen LogP contribution in [0.4, 0.5) is 9.59 Å². The summed E-state index contributed by atoms with van der Waals surface area (Å²) in [6, 6.07) is 4.58. The fraction of sp³-hybridized carbons (Fsp3) is 0.188. The van der Waals surface area contributed by atoms with Crippen LogP contribution in [0.5, 0.6) is 11.5 Å². The fourth-order valence-electron chi connectivity index (χ4n) is 2.27. The molecule has 0 spiro atoms. The average Bonchev–Trinajstić information content (AvgIpc) is 3.09. The normalized spacial score (nSPS) is 20.6. The van der Waals surface area contributed by atoms with Gasteiger partial charge in [0.1, 0.15) is 5.25 Å². The lowest BCUT2D eigenvalue weighted by atomic mass is 10.2. The third-order valence-electron chi connectivity index (χ3n) is 3.47. The molecule has 0 aromatic heterocycles. The summed E-state index contributed by atoms with van der Waals surface area (Å²) in [6.45, 7) is 0. The van der Waals surface area contributed by atoms with Crippen LogP contribution in [0.2, 0.25) is 0 Å². The molecule has 0 aliphatic carbocycles.